The fraction of sp³-hybridized carbons (Fsp3) is 0.348. The normalized spacial score (nSPS) is 19.1. The predicted molar refractivity (Wildman–Crippen MR) is 112 cm³/mol. The van der Waals surface area contributed by atoms with E-state index >= 15 is 0 Å². The number of likely N-dealkylation sites (N-methyl/N-ethyl adjacent to an activating group) is 1. The molecule has 0 radical (unpaired) electrons. The van der Waals surface area contributed by atoms with Gasteiger partial charge in [0.05, 0.1) is 12.6 Å². The SMILES string of the molecule is CCN(CCN)C(=O)CN1CC(c2cc(F)ccc2F)=C[C@H]1C1=CC=CC=CC1. The number of rotatable bonds is 7. The van der Waals surface area contributed by atoms with Crippen molar-refractivity contribution in [1.82, 2.24) is 9.80 Å². The van der Waals surface area contributed by atoms with Gasteiger partial charge in [-0.25, -0.2) is 8.78 Å². The third-order valence-corrected chi connectivity index (χ3v) is 5.27. The van der Waals surface area contributed by atoms with Gasteiger partial charge in [-0.15, -0.1) is 0 Å². The number of amides is 1. The number of nitrogens with zero attached hydrogens (tertiary/aromatic N) is 2. The second-order valence-corrected chi connectivity index (χ2v) is 7.19. The summed E-state index contributed by atoms with van der Waals surface area (Å²) in [5.41, 5.74) is 7.67. The van der Waals surface area contributed by atoms with E-state index in [1.807, 2.05) is 42.2 Å². The van der Waals surface area contributed by atoms with Crippen molar-refractivity contribution in [3.63, 3.8) is 0 Å². The molecule has 2 aliphatic rings. The van der Waals surface area contributed by atoms with Crippen LogP contribution >= 0.6 is 0 Å². The van der Waals surface area contributed by atoms with Gasteiger partial charge in [0.1, 0.15) is 11.6 Å². The summed E-state index contributed by atoms with van der Waals surface area (Å²) < 4.78 is 28.1. The number of nitrogens with two attached hydrogens (primary N) is 1. The molecule has 6 heteroatoms. The van der Waals surface area contributed by atoms with E-state index in [2.05, 4.69) is 6.08 Å². The van der Waals surface area contributed by atoms with Crippen LogP contribution in [0.5, 0.6) is 0 Å². The van der Waals surface area contributed by atoms with Gasteiger partial charge in [-0.05, 0) is 42.7 Å². The third-order valence-electron chi connectivity index (χ3n) is 5.27. The van der Waals surface area contributed by atoms with Crippen molar-refractivity contribution >= 4 is 11.5 Å². The van der Waals surface area contributed by atoms with E-state index in [1.165, 1.54) is 6.07 Å². The van der Waals surface area contributed by atoms with Gasteiger partial charge in [-0.3, -0.25) is 9.69 Å². The van der Waals surface area contributed by atoms with Crippen LogP contribution in [0.2, 0.25) is 0 Å². The molecule has 0 saturated heterocycles. The maximum atomic E-state index is 14.4. The van der Waals surface area contributed by atoms with Crippen molar-refractivity contribution in [2.75, 3.05) is 32.7 Å². The monoisotopic (exact) mass is 399 g/mol. The Morgan fingerprint density at radius 2 is 2.10 bits per heavy atom. The molecule has 1 aliphatic carbocycles. The second-order valence-electron chi connectivity index (χ2n) is 7.19. The van der Waals surface area contributed by atoms with Gasteiger partial charge in [-0.1, -0.05) is 36.5 Å². The van der Waals surface area contributed by atoms with Crippen molar-refractivity contribution < 1.29 is 13.6 Å². The molecule has 0 saturated carbocycles. The van der Waals surface area contributed by atoms with Gasteiger partial charge in [0, 0.05) is 31.7 Å². The summed E-state index contributed by atoms with van der Waals surface area (Å²) in [6.45, 7) is 3.98. The predicted octanol–water partition coefficient (Wildman–Crippen LogP) is 3.28. The first-order valence-corrected chi connectivity index (χ1v) is 9.93. The van der Waals surface area contributed by atoms with Crippen LogP contribution in [0, 0.1) is 11.6 Å². The van der Waals surface area contributed by atoms with E-state index < -0.39 is 11.6 Å². The molecule has 0 aromatic heterocycles. The van der Waals surface area contributed by atoms with E-state index in [1.54, 1.807) is 4.90 Å². The molecule has 1 aliphatic heterocycles. The minimum Gasteiger partial charge on any atom is -0.341 e. The molecule has 2 N–H and O–H groups in total. The van der Waals surface area contributed by atoms with Gasteiger partial charge < -0.3 is 10.6 Å². The standard InChI is InChI=1S/C23H27F2N3O/c1-2-27(12-11-26)23(29)16-28-15-18(20-14-19(24)9-10-21(20)25)13-22(28)17-7-5-3-4-6-8-17/h3-7,9-10,13-14,22H,2,8,11-12,15-16,26H2,1H3/t22-/m0/s1. The highest BCUT2D eigenvalue weighted by atomic mass is 19.1. The zero-order valence-electron chi connectivity index (χ0n) is 16.7. The van der Waals surface area contributed by atoms with Gasteiger partial charge in [0.25, 0.3) is 0 Å². The Hall–Kier alpha value is -2.57. The molecule has 0 spiro atoms. The van der Waals surface area contributed by atoms with Crippen LogP contribution in [0.1, 0.15) is 18.9 Å². The summed E-state index contributed by atoms with van der Waals surface area (Å²) in [5, 5.41) is 0. The summed E-state index contributed by atoms with van der Waals surface area (Å²) >= 11 is 0. The van der Waals surface area contributed by atoms with Crippen molar-refractivity contribution in [1.29, 1.82) is 0 Å². The van der Waals surface area contributed by atoms with E-state index in [4.69, 9.17) is 5.73 Å². The van der Waals surface area contributed by atoms with Crippen LogP contribution in [-0.4, -0.2) is 54.5 Å². The maximum absolute atomic E-state index is 14.4. The number of carbonyl (C=O) groups is 1. The van der Waals surface area contributed by atoms with Crippen molar-refractivity contribution in [2.24, 2.45) is 5.73 Å². The van der Waals surface area contributed by atoms with Crippen molar-refractivity contribution in [2.45, 2.75) is 19.4 Å². The molecule has 1 aromatic carbocycles. The van der Waals surface area contributed by atoms with Crippen LogP contribution in [-0.2, 0) is 4.79 Å². The highest BCUT2D eigenvalue weighted by Gasteiger charge is 2.31. The lowest BCUT2D eigenvalue weighted by Crippen LogP contribution is -2.44. The van der Waals surface area contributed by atoms with Gasteiger partial charge >= 0.3 is 0 Å². The van der Waals surface area contributed by atoms with Crippen LogP contribution in [0.25, 0.3) is 5.57 Å². The van der Waals surface area contributed by atoms with E-state index in [-0.39, 0.29) is 24.1 Å². The summed E-state index contributed by atoms with van der Waals surface area (Å²) in [7, 11) is 0. The van der Waals surface area contributed by atoms with Gasteiger partial charge in [0.2, 0.25) is 5.91 Å². The fourth-order valence-corrected chi connectivity index (χ4v) is 3.78. The molecular weight excluding hydrogens is 372 g/mol. The Morgan fingerprint density at radius 3 is 2.86 bits per heavy atom. The van der Waals surface area contributed by atoms with E-state index in [0.717, 1.165) is 24.1 Å². The van der Waals surface area contributed by atoms with Crippen LogP contribution in [0.3, 0.4) is 0 Å². The molecule has 1 heterocycles. The lowest BCUT2D eigenvalue weighted by Gasteiger charge is -2.29. The van der Waals surface area contributed by atoms with Gasteiger partial charge in [0.15, 0.2) is 0 Å². The first-order valence-electron chi connectivity index (χ1n) is 9.93. The van der Waals surface area contributed by atoms with Crippen LogP contribution in [0.15, 0.2) is 60.2 Å². The lowest BCUT2D eigenvalue weighted by molar-refractivity contribution is -0.132. The average Bonchev–Trinajstić information content (AvgIpc) is 2.93. The number of hydrogen-bond acceptors (Lipinski definition) is 3. The molecule has 0 unspecified atom stereocenters. The Bertz CT molecular complexity index is 873. The van der Waals surface area contributed by atoms with E-state index in [9.17, 15) is 13.6 Å². The first kappa shape index (κ1) is 21.1. The lowest BCUT2D eigenvalue weighted by atomic mass is 10.0. The van der Waals surface area contributed by atoms with Gasteiger partial charge in [-0.2, -0.15) is 0 Å². The molecule has 0 fully saturated rings. The molecule has 0 bridgehead atoms. The Labute approximate surface area is 170 Å². The quantitative estimate of drug-likeness (QED) is 0.766. The number of halogens is 2. The largest absolute Gasteiger partial charge is 0.341 e. The number of hydrogen-bond donors (Lipinski definition) is 1. The average molecular weight is 399 g/mol. The zero-order valence-corrected chi connectivity index (χ0v) is 16.7. The number of allylic oxidation sites excluding steroid dienone is 5. The fourth-order valence-electron chi connectivity index (χ4n) is 3.78. The molecule has 29 heavy (non-hydrogen) atoms. The Kier molecular flexibility index (Phi) is 7.12. The van der Waals surface area contributed by atoms with Crippen molar-refractivity contribution in [3.8, 4) is 0 Å². The summed E-state index contributed by atoms with van der Waals surface area (Å²) in [6, 6.07) is 3.32. The highest BCUT2D eigenvalue weighted by molar-refractivity contribution is 5.80. The highest BCUT2D eigenvalue weighted by Crippen LogP contribution is 2.32. The molecule has 1 aromatic rings. The summed E-state index contributed by atoms with van der Waals surface area (Å²) in [5.74, 6) is -0.955. The second kappa shape index (κ2) is 9.76. The minimum absolute atomic E-state index is 0.0161. The molecule has 1 amide bonds. The smallest absolute Gasteiger partial charge is 0.236 e. The maximum Gasteiger partial charge on any atom is 0.236 e. The topological polar surface area (TPSA) is 49.6 Å². The number of benzene rings is 1. The molecule has 154 valence electrons. The third kappa shape index (κ3) is 5.08. The van der Waals surface area contributed by atoms with Crippen LogP contribution < -0.4 is 5.73 Å². The molecular formula is C23H27F2N3O. The molecule has 1 atom stereocenters. The van der Waals surface area contributed by atoms with Crippen LogP contribution in [0.4, 0.5) is 8.78 Å². The minimum atomic E-state index is -0.479. The first-order chi connectivity index (χ1) is 14.0. The summed E-state index contributed by atoms with van der Waals surface area (Å²) in [4.78, 5) is 16.5. The Morgan fingerprint density at radius 1 is 1.28 bits per heavy atom. The Balaban J connectivity index is 1.89. The zero-order chi connectivity index (χ0) is 20.8. The molecule has 4 nitrogen and oxygen atoms in total. The summed E-state index contributed by atoms with van der Waals surface area (Å²) in [6.07, 6.45) is 12.7. The number of carbonyl (C=O) groups excluding carboxylic acids is 1. The van der Waals surface area contributed by atoms with Crippen molar-refractivity contribution in [3.05, 3.63) is 77.4 Å². The van der Waals surface area contributed by atoms with E-state index in [0.29, 0.717) is 31.8 Å². The molecule has 3 rings (SSSR count).